The average molecular weight is 311 g/mol. The highest BCUT2D eigenvalue weighted by atomic mass is 35.5. The monoisotopic (exact) mass is 310 g/mol. The average Bonchev–Trinajstić information content (AvgIpc) is 2.28. The van der Waals surface area contributed by atoms with E-state index in [2.05, 4.69) is 13.8 Å². The zero-order valence-corrected chi connectivity index (χ0v) is 12.4. The molecule has 0 radical (unpaired) electrons. The molecule has 19 heavy (non-hydrogen) atoms. The van der Waals surface area contributed by atoms with E-state index in [1.165, 1.54) is 24.3 Å². The Morgan fingerprint density at radius 1 is 1.16 bits per heavy atom. The molecule has 1 aromatic carbocycles. The molecule has 1 aromatic rings. The summed E-state index contributed by atoms with van der Waals surface area (Å²) in [7, 11) is -4.51. The summed E-state index contributed by atoms with van der Waals surface area (Å²) in [4.78, 5) is -0.360. The second-order valence-electron chi connectivity index (χ2n) is 4.88. The Bertz CT molecular complexity index is 498. The predicted molar refractivity (Wildman–Crippen MR) is 72.4 cm³/mol. The number of hydrogen-bond acceptors (Lipinski definition) is 2. The van der Waals surface area contributed by atoms with E-state index in [4.69, 9.17) is 11.6 Å². The lowest BCUT2D eigenvalue weighted by atomic mass is 10.0. The number of alkyl halides is 3. The summed E-state index contributed by atoms with van der Waals surface area (Å²) in [6, 6.07) is 5.47. The zero-order chi connectivity index (χ0) is 14.6. The number of benzene rings is 1. The van der Waals surface area contributed by atoms with Gasteiger partial charge in [0.1, 0.15) is 0 Å². The molecule has 0 aliphatic heterocycles. The van der Waals surface area contributed by atoms with Crippen LogP contribution in [-0.4, -0.2) is 19.6 Å². The van der Waals surface area contributed by atoms with Crippen molar-refractivity contribution in [3.05, 3.63) is 29.8 Å². The van der Waals surface area contributed by atoms with E-state index >= 15 is 0 Å². The van der Waals surface area contributed by atoms with Gasteiger partial charge in [0.25, 0.3) is 0 Å². The molecule has 0 amide bonds. The van der Waals surface area contributed by atoms with Gasteiger partial charge in [-0.3, -0.25) is 0 Å². The molecule has 2 nitrogen and oxygen atoms in total. The van der Waals surface area contributed by atoms with Crippen LogP contribution in [0.25, 0.3) is 0 Å². The van der Waals surface area contributed by atoms with E-state index < -0.39 is 15.6 Å². The quantitative estimate of drug-likeness (QED) is 0.747. The smallest absolute Gasteiger partial charge is 0.218 e. The Kier molecular flexibility index (Phi) is 5.74. The Morgan fingerprint density at radius 2 is 1.68 bits per heavy atom. The fourth-order valence-corrected chi connectivity index (χ4v) is 3.02. The molecular formula is C13H17ClF2O2S. The standard InChI is InChI=1S/C13H17ClF2O2S/c1-9(2)7-11(14)8-10-3-5-12(6-4-10)19(17,18)13(15)16/h3-6,9,11,13H,7-8H2,1-2H3. The second-order valence-corrected chi connectivity index (χ2v) is 7.42. The van der Waals surface area contributed by atoms with Crippen LogP contribution in [0.1, 0.15) is 25.8 Å². The Balaban J connectivity index is 2.78. The largest absolute Gasteiger partial charge is 0.341 e. The molecule has 0 saturated carbocycles. The van der Waals surface area contributed by atoms with E-state index in [1.54, 1.807) is 0 Å². The highest BCUT2D eigenvalue weighted by molar-refractivity contribution is 7.91. The Hall–Kier alpha value is -0.680. The maximum atomic E-state index is 12.3. The number of rotatable bonds is 6. The van der Waals surface area contributed by atoms with Crippen LogP contribution >= 0.6 is 11.6 Å². The van der Waals surface area contributed by atoms with Crippen molar-refractivity contribution in [2.75, 3.05) is 0 Å². The molecule has 1 unspecified atom stereocenters. The number of hydrogen-bond donors (Lipinski definition) is 0. The first-order chi connectivity index (χ1) is 8.73. The minimum absolute atomic E-state index is 0.0439. The fraction of sp³-hybridized carbons (Fsp3) is 0.538. The van der Waals surface area contributed by atoms with Crippen molar-refractivity contribution < 1.29 is 17.2 Å². The molecule has 0 aromatic heterocycles. The minimum atomic E-state index is -4.51. The third kappa shape index (κ3) is 4.73. The Labute approximate surface area is 117 Å². The summed E-state index contributed by atoms with van der Waals surface area (Å²) in [6.07, 6.45) is 1.44. The van der Waals surface area contributed by atoms with Gasteiger partial charge in [-0.25, -0.2) is 8.42 Å². The maximum absolute atomic E-state index is 12.3. The van der Waals surface area contributed by atoms with Gasteiger partial charge in [0.2, 0.25) is 9.84 Å². The van der Waals surface area contributed by atoms with Gasteiger partial charge in [-0.05, 0) is 36.5 Å². The van der Waals surface area contributed by atoms with Crippen LogP contribution in [0.2, 0.25) is 0 Å². The summed E-state index contributed by atoms with van der Waals surface area (Å²) >= 11 is 6.15. The first kappa shape index (κ1) is 16.4. The van der Waals surface area contributed by atoms with E-state index in [0.29, 0.717) is 12.3 Å². The van der Waals surface area contributed by atoms with Gasteiger partial charge in [0.15, 0.2) is 0 Å². The molecular weight excluding hydrogens is 294 g/mol. The summed E-state index contributed by atoms with van der Waals surface area (Å²) in [6.45, 7) is 4.13. The fourth-order valence-electron chi connectivity index (χ4n) is 1.77. The zero-order valence-electron chi connectivity index (χ0n) is 10.8. The maximum Gasteiger partial charge on any atom is 0.341 e. The van der Waals surface area contributed by atoms with Crippen molar-refractivity contribution in [3.63, 3.8) is 0 Å². The molecule has 1 rings (SSSR count). The van der Waals surface area contributed by atoms with Crippen LogP contribution in [0.4, 0.5) is 8.78 Å². The molecule has 0 N–H and O–H groups in total. The summed E-state index contributed by atoms with van der Waals surface area (Å²) in [5.41, 5.74) is 0.842. The molecule has 108 valence electrons. The van der Waals surface area contributed by atoms with Crippen LogP contribution in [0.3, 0.4) is 0 Å². The first-order valence-electron chi connectivity index (χ1n) is 5.98. The minimum Gasteiger partial charge on any atom is -0.218 e. The lowest BCUT2D eigenvalue weighted by Gasteiger charge is -2.12. The normalized spacial score (nSPS) is 14.1. The van der Waals surface area contributed by atoms with Crippen molar-refractivity contribution in [3.8, 4) is 0 Å². The second kappa shape index (κ2) is 6.66. The van der Waals surface area contributed by atoms with Crippen LogP contribution in [0, 0.1) is 5.92 Å². The number of halogens is 3. The van der Waals surface area contributed by atoms with Gasteiger partial charge in [-0.2, -0.15) is 8.78 Å². The summed E-state index contributed by atoms with van der Waals surface area (Å²) in [5.74, 6) is -2.92. The lowest BCUT2D eigenvalue weighted by molar-refractivity contribution is 0.234. The van der Waals surface area contributed by atoms with Crippen LogP contribution in [-0.2, 0) is 16.3 Å². The third-order valence-corrected chi connectivity index (χ3v) is 4.40. The van der Waals surface area contributed by atoms with E-state index in [0.717, 1.165) is 12.0 Å². The lowest BCUT2D eigenvalue weighted by Crippen LogP contribution is -2.11. The van der Waals surface area contributed by atoms with Gasteiger partial charge in [0.05, 0.1) is 4.90 Å². The molecule has 0 heterocycles. The van der Waals surface area contributed by atoms with Crippen molar-refractivity contribution in [1.29, 1.82) is 0 Å². The molecule has 0 bridgehead atoms. The molecule has 6 heteroatoms. The molecule has 0 saturated heterocycles. The predicted octanol–water partition coefficient (Wildman–Crippen LogP) is 3.88. The Morgan fingerprint density at radius 3 is 2.11 bits per heavy atom. The molecule has 0 aliphatic rings. The summed E-state index contributed by atoms with van der Waals surface area (Å²) in [5, 5.41) is -0.0439. The van der Waals surface area contributed by atoms with Crippen molar-refractivity contribution in [2.45, 2.75) is 42.7 Å². The first-order valence-corrected chi connectivity index (χ1v) is 7.96. The van der Waals surface area contributed by atoms with Gasteiger partial charge in [0, 0.05) is 5.38 Å². The van der Waals surface area contributed by atoms with Crippen LogP contribution in [0.15, 0.2) is 29.2 Å². The van der Waals surface area contributed by atoms with Gasteiger partial charge in [-0.15, -0.1) is 11.6 Å². The van der Waals surface area contributed by atoms with E-state index in [-0.39, 0.29) is 10.3 Å². The SMILES string of the molecule is CC(C)CC(Cl)Cc1ccc(S(=O)(=O)C(F)F)cc1. The third-order valence-electron chi connectivity index (χ3n) is 2.67. The van der Waals surface area contributed by atoms with Crippen molar-refractivity contribution in [2.24, 2.45) is 5.92 Å². The highest BCUT2D eigenvalue weighted by Gasteiger charge is 2.26. The molecule has 0 aliphatic carbocycles. The number of sulfone groups is 1. The highest BCUT2D eigenvalue weighted by Crippen LogP contribution is 2.21. The van der Waals surface area contributed by atoms with Crippen LogP contribution < -0.4 is 0 Å². The molecule has 1 atom stereocenters. The van der Waals surface area contributed by atoms with Crippen molar-refractivity contribution >= 4 is 21.4 Å². The van der Waals surface area contributed by atoms with Gasteiger partial charge < -0.3 is 0 Å². The molecule has 0 fully saturated rings. The van der Waals surface area contributed by atoms with Gasteiger partial charge in [-0.1, -0.05) is 26.0 Å². The molecule has 0 spiro atoms. The topological polar surface area (TPSA) is 34.1 Å². The van der Waals surface area contributed by atoms with Crippen LogP contribution in [0.5, 0.6) is 0 Å². The van der Waals surface area contributed by atoms with Gasteiger partial charge >= 0.3 is 5.76 Å². The summed E-state index contributed by atoms with van der Waals surface area (Å²) < 4.78 is 47.2. The van der Waals surface area contributed by atoms with E-state index in [1.807, 2.05) is 0 Å². The van der Waals surface area contributed by atoms with Crippen molar-refractivity contribution in [1.82, 2.24) is 0 Å². The van der Waals surface area contributed by atoms with E-state index in [9.17, 15) is 17.2 Å².